The average molecular weight is 321 g/mol. The first-order valence-corrected chi connectivity index (χ1v) is 7.26. The molecular formula is C14H19N5O4. The lowest BCUT2D eigenvalue weighted by atomic mass is 9.98. The van der Waals surface area contributed by atoms with Crippen molar-refractivity contribution in [3.63, 3.8) is 0 Å². The van der Waals surface area contributed by atoms with E-state index in [1.807, 2.05) is 14.1 Å². The highest BCUT2D eigenvalue weighted by Crippen LogP contribution is 2.26. The second kappa shape index (κ2) is 7.25. The Labute approximate surface area is 132 Å². The van der Waals surface area contributed by atoms with Crippen LogP contribution < -0.4 is 5.73 Å². The molecule has 0 unspecified atom stereocenters. The molecule has 0 fully saturated rings. The van der Waals surface area contributed by atoms with Crippen LogP contribution in [0.1, 0.15) is 29.6 Å². The summed E-state index contributed by atoms with van der Waals surface area (Å²) in [7, 11) is 3.96. The lowest BCUT2D eigenvalue weighted by Crippen LogP contribution is -2.31. The van der Waals surface area contributed by atoms with Crippen molar-refractivity contribution in [2.24, 2.45) is 5.73 Å². The maximum atomic E-state index is 12.5. The number of aromatic nitrogens is 2. The summed E-state index contributed by atoms with van der Waals surface area (Å²) in [4.78, 5) is 24.9. The molecule has 2 N–H and O–H groups in total. The number of nitro benzene ring substituents is 1. The molecule has 0 amide bonds. The maximum Gasteiger partial charge on any atom is 0.300 e. The Morgan fingerprint density at radius 2 is 2.04 bits per heavy atom. The molecule has 0 aliphatic heterocycles. The summed E-state index contributed by atoms with van der Waals surface area (Å²) in [5, 5.41) is 18.1. The third-order valence-electron chi connectivity index (χ3n) is 3.56. The van der Waals surface area contributed by atoms with Gasteiger partial charge in [0.2, 0.25) is 5.52 Å². The van der Waals surface area contributed by atoms with Gasteiger partial charge in [-0.25, -0.2) is 4.63 Å². The molecule has 1 heterocycles. The van der Waals surface area contributed by atoms with Crippen LogP contribution in [0.4, 0.5) is 5.69 Å². The lowest BCUT2D eigenvalue weighted by molar-refractivity contribution is -0.383. The Morgan fingerprint density at radius 1 is 1.35 bits per heavy atom. The highest BCUT2D eigenvalue weighted by molar-refractivity contribution is 6.09. The van der Waals surface area contributed by atoms with Gasteiger partial charge in [0.05, 0.1) is 16.5 Å². The maximum absolute atomic E-state index is 12.5. The monoisotopic (exact) mass is 321 g/mol. The molecule has 2 rings (SSSR count). The number of fused-ring (bicyclic) bond motifs is 1. The number of carbonyl (C=O) groups excluding carboxylic acids is 1. The number of hydrogen-bond acceptors (Lipinski definition) is 8. The quantitative estimate of drug-likeness (QED) is 0.334. The Morgan fingerprint density at radius 3 is 2.70 bits per heavy atom. The SMILES string of the molecule is CN(C)CCCC[C@H](N)C(=O)c1ccc([N+](=O)[O-])c2nonc12. The lowest BCUT2D eigenvalue weighted by Gasteiger charge is -2.12. The van der Waals surface area contributed by atoms with Gasteiger partial charge in [0.25, 0.3) is 0 Å². The third kappa shape index (κ3) is 3.88. The number of nitro groups is 1. The average Bonchev–Trinajstić information content (AvgIpc) is 2.98. The van der Waals surface area contributed by atoms with Crippen LogP contribution in [-0.4, -0.2) is 52.6 Å². The topological polar surface area (TPSA) is 128 Å². The zero-order chi connectivity index (χ0) is 17.0. The van der Waals surface area contributed by atoms with Crippen molar-refractivity contribution < 1.29 is 14.3 Å². The van der Waals surface area contributed by atoms with Gasteiger partial charge < -0.3 is 10.6 Å². The first-order chi connectivity index (χ1) is 10.9. The molecule has 2 aromatic rings. The van der Waals surface area contributed by atoms with E-state index in [1.165, 1.54) is 12.1 Å². The second-order valence-electron chi connectivity index (χ2n) is 5.62. The Bertz CT molecular complexity index is 712. The van der Waals surface area contributed by atoms with Crippen molar-refractivity contribution in [2.45, 2.75) is 25.3 Å². The summed E-state index contributed by atoms with van der Waals surface area (Å²) in [6, 6.07) is 1.89. The largest absolute Gasteiger partial charge is 0.321 e. The molecule has 0 aliphatic rings. The molecule has 0 saturated carbocycles. The number of non-ortho nitro benzene ring substituents is 1. The Kier molecular flexibility index (Phi) is 5.35. The molecular weight excluding hydrogens is 302 g/mol. The van der Waals surface area contributed by atoms with E-state index in [-0.39, 0.29) is 28.1 Å². The van der Waals surface area contributed by atoms with Gasteiger partial charge in [0, 0.05) is 6.07 Å². The summed E-state index contributed by atoms with van der Waals surface area (Å²) in [5.41, 5.74) is 5.93. The number of unbranched alkanes of at least 4 members (excludes halogenated alkanes) is 1. The molecule has 124 valence electrons. The number of nitrogens with two attached hydrogens (primary N) is 1. The van der Waals surface area contributed by atoms with Gasteiger partial charge in [-0.05, 0) is 49.9 Å². The number of carbonyl (C=O) groups is 1. The van der Waals surface area contributed by atoms with Crippen molar-refractivity contribution in [3.8, 4) is 0 Å². The standard InChI is InChI=1S/C14H19N5O4/c1-18(2)8-4-3-5-10(15)14(20)9-6-7-11(19(21)22)13-12(9)16-23-17-13/h6-7,10H,3-5,8,15H2,1-2H3/t10-/m0/s1. The molecule has 0 bridgehead atoms. The molecule has 1 aromatic heterocycles. The van der Waals surface area contributed by atoms with Crippen LogP contribution in [0, 0.1) is 10.1 Å². The minimum Gasteiger partial charge on any atom is -0.321 e. The fourth-order valence-electron chi connectivity index (χ4n) is 2.32. The number of nitrogens with zero attached hydrogens (tertiary/aromatic N) is 4. The Balaban J connectivity index is 2.13. The van der Waals surface area contributed by atoms with Crippen LogP contribution >= 0.6 is 0 Å². The molecule has 23 heavy (non-hydrogen) atoms. The number of Topliss-reactive ketones (excluding diaryl/α,β-unsaturated/α-hetero) is 1. The summed E-state index contributed by atoms with van der Waals surface area (Å²) >= 11 is 0. The molecule has 9 heteroatoms. The van der Waals surface area contributed by atoms with E-state index in [0.717, 1.165) is 19.4 Å². The van der Waals surface area contributed by atoms with Crippen LogP contribution in [0.5, 0.6) is 0 Å². The summed E-state index contributed by atoms with van der Waals surface area (Å²) in [6.45, 7) is 0.926. The van der Waals surface area contributed by atoms with Gasteiger partial charge in [0.15, 0.2) is 11.3 Å². The molecule has 0 aliphatic carbocycles. The first kappa shape index (κ1) is 17.0. The fraction of sp³-hybridized carbons (Fsp3) is 0.500. The van der Waals surface area contributed by atoms with E-state index in [2.05, 4.69) is 19.8 Å². The zero-order valence-corrected chi connectivity index (χ0v) is 13.1. The normalized spacial score (nSPS) is 12.7. The second-order valence-corrected chi connectivity index (χ2v) is 5.62. The fourth-order valence-corrected chi connectivity index (χ4v) is 2.32. The van der Waals surface area contributed by atoms with Gasteiger partial charge in [-0.2, -0.15) is 0 Å². The molecule has 0 spiro atoms. The van der Waals surface area contributed by atoms with Crippen molar-refractivity contribution in [1.29, 1.82) is 0 Å². The van der Waals surface area contributed by atoms with Crippen LogP contribution in [-0.2, 0) is 0 Å². The van der Waals surface area contributed by atoms with Crippen LogP contribution in [0.2, 0.25) is 0 Å². The highest BCUT2D eigenvalue weighted by Gasteiger charge is 2.25. The van der Waals surface area contributed by atoms with Crippen LogP contribution in [0.25, 0.3) is 11.0 Å². The van der Waals surface area contributed by atoms with E-state index in [0.29, 0.717) is 6.42 Å². The molecule has 1 atom stereocenters. The number of benzene rings is 1. The van der Waals surface area contributed by atoms with E-state index in [4.69, 9.17) is 5.73 Å². The zero-order valence-electron chi connectivity index (χ0n) is 13.1. The molecule has 1 aromatic carbocycles. The van der Waals surface area contributed by atoms with Crippen LogP contribution in [0.3, 0.4) is 0 Å². The van der Waals surface area contributed by atoms with E-state index >= 15 is 0 Å². The summed E-state index contributed by atoms with van der Waals surface area (Å²) in [6.07, 6.45) is 2.30. The van der Waals surface area contributed by atoms with Crippen molar-refractivity contribution in [2.75, 3.05) is 20.6 Å². The van der Waals surface area contributed by atoms with Gasteiger partial charge in [-0.15, -0.1) is 0 Å². The van der Waals surface area contributed by atoms with E-state index in [9.17, 15) is 14.9 Å². The molecule has 0 radical (unpaired) electrons. The Hall–Kier alpha value is -2.39. The van der Waals surface area contributed by atoms with Crippen LogP contribution in [0.15, 0.2) is 16.8 Å². The number of hydrogen-bond donors (Lipinski definition) is 1. The van der Waals surface area contributed by atoms with E-state index < -0.39 is 11.0 Å². The van der Waals surface area contributed by atoms with Gasteiger partial charge in [-0.1, -0.05) is 6.42 Å². The minimum atomic E-state index is -0.682. The van der Waals surface area contributed by atoms with Gasteiger partial charge in [-0.3, -0.25) is 14.9 Å². The molecule has 0 saturated heterocycles. The van der Waals surface area contributed by atoms with E-state index in [1.54, 1.807) is 0 Å². The highest BCUT2D eigenvalue weighted by atomic mass is 16.6. The first-order valence-electron chi connectivity index (χ1n) is 7.26. The van der Waals surface area contributed by atoms with Gasteiger partial charge in [0.1, 0.15) is 0 Å². The molecule has 9 nitrogen and oxygen atoms in total. The van der Waals surface area contributed by atoms with Crippen molar-refractivity contribution in [3.05, 3.63) is 27.8 Å². The van der Waals surface area contributed by atoms with Gasteiger partial charge >= 0.3 is 5.69 Å². The predicted molar refractivity (Wildman–Crippen MR) is 83.2 cm³/mol. The minimum absolute atomic E-state index is 0.0411. The summed E-state index contributed by atoms with van der Waals surface area (Å²) in [5.74, 6) is -0.314. The number of ketones is 1. The smallest absolute Gasteiger partial charge is 0.300 e. The summed E-state index contributed by atoms with van der Waals surface area (Å²) < 4.78 is 4.55. The van der Waals surface area contributed by atoms with Crippen molar-refractivity contribution in [1.82, 2.24) is 15.2 Å². The predicted octanol–water partition coefficient (Wildman–Crippen LogP) is 1.37. The number of rotatable bonds is 8. The third-order valence-corrected chi connectivity index (χ3v) is 3.56. The van der Waals surface area contributed by atoms with Crippen molar-refractivity contribution >= 4 is 22.5 Å².